The molecule has 0 aromatic carbocycles. The Kier molecular flexibility index (Phi) is 4.06. The molecule has 1 saturated carbocycles. The van der Waals surface area contributed by atoms with E-state index < -0.39 is 6.09 Å². The molecule has 0 unspecified atom stereocenters. The summed E-state index contributed by atoms with van der Waals surface area (Å²) < 4.78 is 0. The SMILES string of the molecule is CN(CC1CCCCCC1)C(=O)O. The number of hydrogen-bond acceptors (Lipinski definition) is 1. The second-order valence-corrected chi connectivity index (χ2v) is 4.02. The minimum atomic E-state index is -0.802. The largest absolute Gasteiger partial charge is 0.465 e. The molecular weight excluding hydrogens is 166 g/mol. The van der Waals surface area contributed by atoms with Crippen molar-refractivity contribution in [2.45, 2.75) is 38.5 Å². The summed E-state index contributed by atoms with van der Waals surface area (Å²) in [6, 6.07) is 0. The monoisotopic (exact) mass is 185 g/mol. The van der Waals surface area contributed by atoms with E-state index in [0.717, 1.165) is 6.54 Å². The van der Waals surface area contributed by atoms with Crippen LogP contribution < -0.4 is 0 Å². The molecule has 76 valence electrons. The number of carbonyl (C=O) groups is 1. The Morgan fingerprint density at radius 1 is 1.31 bits per heavy atom. The zero-order valence-corrected chi connectivity index (χ0v) is 8.33. The van der Waals surface area contributed by atoms with Gasteiger partial charge in [-0.1, -0.05) is 25.7 Å². The minimum absolute atomic E-state index is 0.601. The Morgan fingerprint density at radius 3 is 2.31 bits per heavy atom. The molecular formula is C10H19NO2. The fourth-order valence-corrected chi connectivity index (χ4v) is 2.01. The van der Waals surface area contributed by atoms with Gasteiger partial charge in [0, 0.05) is 13.6 Å². The third-order valence-corrected chi connectivity index (χ3v) is 2.83. The molecule has 1 aliphatic carbocycles. The van der Waals surface area contributed by atoms with Crippen LogP contribution in [0, 0.1) is 5.92 Å². The molecule has 0 spiro atoms. The quantitative estimate of drug-likeness (QED) is 0.672. The molecule has 0 bridgehead atoms. The Labute approximate surface area is 79.7 Å². The van der Waals surface area contributed by atoms with Crippen LogP contribution in [0.2, 0.25) is 0 Å². The van der Waals surface area contributed by atoms with Gasteiger partial charge >= 0.3 is 6.09 Å². The number of nitrogens with zero attached hydrogens (tertiary/aromatic N) is 1. The summed E-state index contributed by atoms with van der Waals surface area (Å²) in [5.41, 5.74) is 0. The van der Waals surface area contributed by atoms with Gasteiger partial charge in [-0.3, -0.25) is 0 Å². The molecule has 1 fully saturated rings. The fraction of sp³-hybridized carbons (Fsp3) is 0.900. The first-order valence-electron chi connectivity index (χ1n) is 5.14. The highest BCUT2D eigenvalue weighted by molar-refractivity contribution is 5.64. The summed E-state index contributed by atoms with van der Waals surface area (Å²) >= 11 is 0. The van der Waals surface area contributed by atoms with Gasteiger partial charge in [0.2, 0.25) is 0 Å². The number of carboxylic acid groups (broad SMARTS) is 1. The molecule has 0 aliphatic heterocycles. The van der Waals surface area contributed by atoms with Crippen LogP contribution in [0.4, 0.5) is 4.79 Å². The van der Waals surface area contributed by atoms with Gasteiger partial charge in [0.25, 0.3) is 0 Å². The van der Waals surface area contributed by atoms with Crippen LogP contribution >= 0.6 is 0 Å². The molecule has 0 saturated heterocycles. The summed E-state index contributed by atoms with van der Waals surface area (Å²) in [6.45, 7) is 0.718. The number of hydrogen-bond donors (Lipinski definition) is 1. The molecule has 0 aromatic rings. The summed E-state index contributed by atoms with van der Waals surface area (Å²) in [7, 11) is 1.66. The van der Waals surface area contributed by atoms with Gasteiger partial charge in [0.05, 0.1) is 0 Å². The lowest BCUT2D eigenvalue weighted by atomic mass is 10.0. The lowest BCUT2D eigenvalue weighted by Gasteiger charge is -2.20. The maximum atomic E-state index is 10.6. The maximum Gasteiger partial charge on any atom is 0.407 e. The molecule has 1 amide bonds. The van der Waals surface area contributed by atoms with E-state index in [2.05, 4.69) is 0 Å². The van der Waals surface area contributed by atoms with Gasteiger partial charge in [-0.05, 0) is 18.8 Å². The van der Waals surface area contributed by atoms with Crippen molar-refractivity contribution in [3.8, 4) is 0 Å². The van der Waals surface area contributed by atoms with Crippen molar-refractivity contribution in [2.75, 3.05) is 13.6 Å². The van der Waals surface area contributed by atoms with E-state index in [-0.39, 0.29) is 0 Å². The highest BCUT2D eigenvalue weighted by Crippen LogP contribution is 2.23. The molecule has 1 aliphatic rings. The topological polar surface area (TPSA) is 40.5 Å². The zero-order valence-electron chi connectivity index (χ0n) is 8.33. The van der Waals surface area contributed by atoms with Gasteiger partial charge in [-0.2, -0.15) is 0 Å². The van der Waals surface area contributed by atoms with Crippen LogP contribution in [0.25, 0.3) is 0 Å². The summed E-state index contributed by atoms with van der Waals surface area (Å²) in [4.78, 5) is 12.0. The van der Waals surface area contributed by atoms with Crippen LogP contribution in [0.1, 0.15) is 38.5 Å². The fourth-order valence-electron chi connectivity index (χ4n) is 2.01. The van der Waals surface area contributed by atoms with Crippen LogP contribution in [0.15, 0.2) is 0 Å². The molecule has 1 rings (SSSR count). The van der Waals surface area contributed by atoms with Crippen molar-refractivity contribution in [2.24, 2.45) is 5.92 Å². The predicted molar refractivity (Wildman–Crippen MR) is 51.8 cm³/mol. The number of amides is 1. The van der Waals surface area contributed by atoms with E-state index >= 15 is 0 Å². The first kappa shape index (κ1) is 10.4. The van der Waals surface area contributed by atoms with Crippen LogP contribution in [0.5, 0.6) is 0 Å². The van der Waals surface area contributed by atoms with Crippen molar-refractivity contribution in [3.05, 3.63) is 0 Å². The summed E-state index contributed by atoms with van der Waals surface area (Å²) in [5.74, 6) is 0.601. The highest BCUT2D eigenvalue weighted by Gasteiger charge is 2.16. The molecule has 3 heteroatoms. The minimum Gasteiger partial charge on any atom is -0.465 e. The molecule has 0 radical (unpaired) electrons. The van der Waals surface area contributed by atoms with Crippen molar-refractivity contribution in [1.29, 1.82) is 0 Å². The standard InChI is InChI=1S/C10H19NO2/c1-11(10(12)13)8-9-6-4-2-3-5-7-9/h9H,2-8H2,1H3,(H,12,13). The lowest BCUT2D eigenvalue weighted by Crippen LogP contribution is -2.30. The first-order chi connectivity index (χ1) is 6.20. The highest BCUT2D eigenvalue weighted by atomic mass is 16.4. The molecule has 0 heterocycles. The Balaban J connectivity index is 2.29. The van der Waals surface area contributed by atoms with E-state index in [1.165, 1.54) is 43.4 Å². The van der Waals surface area contributed by atoms with Crippen LogP contribution in [-0.2, 0) is 0 Å². The van der Waals surface area contributed by atoms with Crippen molar-refractivity contribution >= 4 is 6.09 Å². The van der Waals surface area contributed by atoms with Crippen LogP contribution in [0.3, 0.4) is 0 Å². The third-order valence-electron chi connectivity index (χ3n) is 2.83. The molecule has 0 atom stereocenters. The van der Waals surface area contributed by atoms with Gasteiger partial charge in [0.15, 0.2) is 0 Å². The normalized spacial score (nSPS) is 19.5. The zero-order chi connectivity index (χ0) is 9.68. The smallest absolute Gasteiger partial charge is 0.407 e. The molecule has 1 N–H and O–H groups in total. The average molecular weight is 185 g/mol. The van der Waals surface area contributed by atoms with E-state index in [9.17, 15) is 4.79 Å². The second kappa shape index (κ2) is 5.10. The number of rotatable bonds is 2. The van der Waals surface area contributed by atoms with E-state index in [4.69, 9.17) is 5.11 Å². The van der Waals surface area contributed by atoms with Gasteiger partial charge < -0.3 is 10.0 Å². The van der Waals surface area contributed by atoms with E-state index in [1.54, 1.807) is 7.05 Å². The molecule has 3 nitrogen and oxygen atoms in total. The van der Waals surface area contributed by atoms with Crippen molar-refractivity contribution < 1.29 is 9.90 Å². The van der Waals surface area contributed by atoms with Crippen LogP contribution in [-0.4, -0.2) is 29.7 Å². The Morgan fingerprint density at radius 2 is 1.85 bits per heavy atom. The van der Waals surface area contributed by atoms with Crippen molar-refractivity contribution in [3.63, 3.8) is 0 Å². The average Bonchev–Trinajstić information content (AvgIpc) is 2.32. The first-order valence-corrected chi connectivity index (χ1v) is 5.14. The van der Waals surface area contributed by atoms with Crippen molar-refractivity contribution in [1.82, 2.24) is 4.90 Å². The Bertz CT molecular complexity index is 162. The maximum absolute atomic E-state index is 10.6. The third kappa shape index (κ3) is 3.66. The van der Waals surface area contributed by atoms with Gasteiger partial charge in [-0.25, -0.2) is 4.79 Å². The van der Waals surface area contributed by atoms with Gasteiger partial charge in [0.1, 0.15) is 0 Å². The van der Waals surface area contributed by atoms with E-state index in [1.807, 2.05) is 0 Å². The Hall–Kier alpha value is -0.730. The van der Waals surface area contributed by atoms with E-state index in [0.29, 0.717) is 5.92 Å². The predicted octanol–water partition coefficient (Wildman–Crippen LogP) is 2.57. The lowest BCUT2D eigenvalue weighted by molar-refractivity contribution is 0.147. The summed E-state index contributed by atoms with van der Waals surface area (Å²) in [5, 5.41) is 8.71. The second-order valence-electron chi connectivity index (χ2n) is 4.02. The molecule has 0 aromatic heterocycles. The van der Waals surface area contributed by atoms with Gasteiger partial charge in [-0.15, -0.1) is 0 Å². The molecule has 13 heavy (non-hydrogen) atoms. The summed E-state index contributed by atoms with van der Waals surface area (Å²) in [6.07, 6.45) is 6.82.